The van der Waals surface area contributed by atoms with E-state index in [1.807, 2.05) is 0 Å². The quantitative estimate of drug-likeness (QED) is 0.885. The summed E-state index contributed by atoms with van der Waals surface area (Å²) in [6.07, 6.45) is 2.66. The largest absolute Gasteiger partial charge is 0.372 e. The minimum Gasteiger partial charge on any atom is -0.372 e. The molecule has 0 spiro atoms. The molecule has 0 aromatic heterocycles. The van der Waals surface area contributed by atoms with Crippen LogP contribution in [-0.4, -0.2) is 13.1 Å². The van der Waals surface area contributed by atoms with Crippen molar-refractivity contribution in [1.29, 1.82) is 0 Å². The Morgan fingerprint density at radius 1 is 0.952 bits per heavy atom. The topological polar surface area (TPSA) is 15.3 Å². The standard InChI is InChI=1S/C19H24N2/c1-16(18-7-3-2-4-8-18)20-15-17-9-11-19(12-10-17)21-13-5-6-14-21/h2-4,7-12,16,20H,5-6,13-15H2,1H3/t16-/m1/s1. The van der Waals surface area contributed by atoms with Crippen LogP contribution in [0.5, 0.6) is 0 Å². The second-order valence-electron chi connectivity index (χ2n) is 5.87. The Morgan fingerprint density at radius 2 is 1.62 bits per heavy atom. The first-order valence-corrected chi connectivity index (χ1v) is 7.95. The summed E-state index contributed by atoms with van der Waals surface area (Å²) in [4.78, 5) is 2.48. The summed E-state index contributed by atoms with van der Waals surface area (Å²) in [6, 6.07) is 20.0. The highest BCUT2D eigenvalue weighted by atomic mass is 15.1. The molecule has 3 rings (SSSR count). The van der Waals surface area contributed by atoms with Crippen molar-refractivity contribution in [2.75, 3.05) is 18.0 Å². The summed E-state index contributed by atoms with van der Waals surface area (Å²) in [5.41, 5.74) is 4.05. The predicted octanol–water partition coefficient (Wildman–Crippen LogP) is 4.14. The Bertz CT molecular complexity index is 542. The number of rotatable bonds is 5. The van der Waals surface area contributed by atoms with E-state index in [4.69, 9.17) is 0 Å². The number of benzene rings is 2. The number of hydrogen-bond donors (Lipinski definition) is 1. The van der Waals surface area contributed by atoms with Crippen LogP contribution in [0.15, 0.2) is 54.6 Å². The molecule has 2 aromatic carbocycles. The van der Waals surface area contributed by atoms with E-state index >= 15 is 0 Å². The summed E-state index contributed by atoms with van der Waals surface area (Å²) in [7, 11) is 0. The molecule has 0 saturated carbocycles. The van der Waals surface area contributed by atoms with Crippen LogP contribution in [0.25, 0.3) is 0 Å². The average molecular weight is 280 g/mol. The van der Waals surface area contributed by atoms with E-state index in [9.17, 15) is 0 Å². The Balaban J connectivity index is 1.55. The fraction of sp³-hybridized carbons (Fsp3) is 0.368. The van der Waals surface area contributed by atoms with Crippen molar-refractivity contribution in [2.45, 2.75) is 32.4 Å². The molecule has 1 atom stereocenters. The van der Waals surface area contributed by atoms with Gasteiger partial charge in [0.05, 0.1) is 0 Å². The third kappa shape index (κ3) is 3.64. The second-order valence-corrected chi connectivity index (χ2v) is 5.87. The zero-order chi connectivity index (χ0) is 14.5. The lowest BCUT2D eigenvalue weighted by Crippen LogP contribution is -2.19. The maximum atomic E-state index is 3.59. The van der Waals surface area contributed by atoms with Gasteiger partial charge in [0.1, 0.15) is 0 Å². The lowest BCUT2D eigenvalue weighted by atomic mass is 10.1. The van der Waals surface area contributed by atoms with Crippen molar-refractivity contribution in [3.8, 4) is 0 Å². The van der Waals surface area contributed by atoms with Crippen LogP contribution in [0, 0.1) is 0 Å². The van der Waals surface area contributed by atoms with Crippen LogP contribution in [0.1, 0.15) is 36.9 Å². The highest BCUT2D eigenvalue weighted by molar-refractivity contribution is 5.48. The van der Waals surface area contributed by atoms with Crippen molar-refractivity contribution < 1.29 is 0 Å². The maximum Gasteiger partial charge on any atom is 0.0366 e. The van der Waals surface area contributed by atoms with E-state index in [0.717, 1.165) is 6.54 Å². The van der Waals surface area contributed by atoms with Crippen molar-refractivity contribution in [2.24, 2.45) is 0 Å². The van der Waals surface area contributed by atoms with Gasteiger partial charge in [0.2, 0.25) is 0 Å². The first kappa shape index (κ1) is 14.2. The molecule has 1 fully saturated rings. The minimum atomic E-state index is 0.379. The molecule has 1 aliphatic rings. The molecular formula is C19H24N2. The van der Waals surface area contributed by atoms with Crippen LogP contribution in [0.2, 0.25) is 0 Å². The highest BCUT2D eigenvalue weighted by Crippen LogP contribution is 2.20. The number of nitrogens with zero attached hydrogens (tertiary/aromatic N) is 1. The van der Waals surface area contributed by atoms with Crippen LogP contribution in [-0.2, 0) is 6.54 Å². The van der Waals surface area contributed by atoms with Crippen molar-refractivity contribution >= 4 is 5.69 Å². The third-order valence-electron chi connectivity index (χ3n) is 4.32. The summed E-state index contributed by atoms with van der Waals surface area (Å²) >= 11 is 0. The molecule has 2 heteroatoms. The second kappa shape index (κ2) is 6.77. The van der Waals surface area contributed by atoms with E-state index in [2.05, 4.69) is 71.7 Å². The fourth-order valence-corrected chi connectivity index (χ4v) is 2.93. The van der Waals surface area contributed by atoms with Crippen molar-refractivity contribution in [1.82, 2.24) is 5.32 Å². The van der Waals surface area contributed by atoms with Crippen LogP contribution in [0.3, 0.4) is 0 Å². The van der Waals surface area contributed by atoms with Crippen LogP contribution < -0.4 is 10.2 Å². The minimum absolute atomic E-state index is 0.379. The van der Waals surface area contributed by atoms with E-state index in [0.29, 0.717) is 6.04 Å². The van der Waals surface area contributed by atoms with E-state index in [1.165, 1.54) is 42.7 Å². The van der Waals surface area contributed by atoms with Gasteiger partial charge in [-0.25, -0.2) is 0 Å². The zero-order valence-electron chi connectivity index (χ0n) is 12.8. The van der Waals surface area contributed by atoms with Gasteiger partial charge < -0.3 is 10.2 Å². The molecule has 1 aliphatic heterocycles. The first-order valence-electron chi connectivity index (χ1n) is 7.95. The molecule has 1 heterocycles. The van der Waals surface area contributed by atoms with Crippen molar-refractivity contribution in [3.63, 3.8) is 0 Å². The molecule has 0 amide bonds. The number of nitrogens with one attached hydrogen (secondary N) is 1. The summed E-state index contributed by atoms with van der Waals surface area (Å²) in [6.45, 7) is 5.55. The molecule has 1 N–H and O–H groups in total. The van der Waals surface area contributed by atoms with Crippen LogP contribution in [0.4, 0.5) is 5.69 Å². The van der Waals surface area contributed by atoms with Crippen LogP contribution >= 0.6 is 0 Å². The average Bonchev–Trinajstić information content (AvgIpc) is 3.08. The molecule has 2 nitrogen and oxygen atoms in total. The zero-order valence-corrected chi connectivity index (χ0v) is 12.8. The summed E-state index contributed by atoms with van der Waals surface area (Å²) in [5.74, 6) is 0. The molecule has 1 saturated heterocycles. The highest BCUT2D eigenvalue weighted by Gasteiger charge is 2.11. The Labute approximate surface area is 127 Å². The fourth-order valence-electron chi connectivity index (χ4n) is 2.93. The van der Waals surface area contributed by atoms with Gasteiger partial charge in [0.15, 0.2) is 0 Å². The molecule has 0 unspecified atom stereocenters. The summed E-state index contributed by atoms with van der Waals surface area (Å²) in [5, 5.41) is 3.59. The van der Waals surface area contributed by atoms with Gasteiger partial charge in [-0.15, -0.1) is 0 Å². The Hall–Kier alpha value is -1.80. The van der Waals surface area contributed by atoms with Gasteiger partial charge in [0.25, 0.3) is 0 Å². The van der Waals surface area contributed by atoms with Gasteiger partial charge in [-0.3, -0.25) is 0 Å². The Morgan fingerprint density at radius 3 is 2.29 bits per heavy atom. The van der Waals surface area contributed by atoms with Gasteiger partial charge in [0, 0.05) is 31.4 Å². The van der Waals surface area contributed by atoms with Gasteiger partial charge in [-0.05, 0) is 43.0 Å². The maximum absolute atomic E-state index is 3.59. The predicted molar refractivity (Wildman–Crippen MR) is 89.6 cm³/mol. The summed E-state index contributed by atoms with van der Waals surface area (Å²) < 4.78 is 0. The number of hydrogen-bond acceptors (Lipinski definition) is 2. The lowest BCUT2D eigenvalue weighted by molar-refractivity contribution is 0.575. The van der Waals surface area contributed by atoms with Crippen molar-refractivity contribution in [3.05, 3.63) is 65.7 Å². The molecule has 110 valence electrons. The smallest absolute Gasteiger partial charge is 0.0366 e. The third-order valence-corrected chi connectivity index (χ3v) is 4.32. The first-order chi connectivity index (χ1) is 10.3. The Kier molecular flexibility index (Phi) is 4.56. The molecule has 0 radical (unpaired) electrons. The van der Waals surface area contributed by atoms with Gasteiger partial charge in [-0.1, -0.05) is 42.5 Å². The normalized spacial score (nSPS) is 16.1. The molecular weight excluding hydrogens is 256 g/mol. The molecule has 0 bridgehead atoms. The molecule has 2 aromatic rings. The van der Waals surface area contributed by atoms with E-state index in [-0.39, 0.29) is 0 Å². The van der Waals surface area contributed by atoms with Gasteiger partial charge in [-0.2, -0.15) is 0 Å². The molecule has 0 aliphatic carbocycles. The lowest BCUT2D eigenvalue weighted by Gasteiger charge is -2.18. The monoisotopic (exact) mass is 280 g/mol. The SMILES string of the molecule is C[C@@H](NCc1ccc(N2CCCC2)cc1)c1ccccc1. The van der Waals surface area contributed by atoms with Gasteiger partial charge >= 0.3 is 0 Å². The molecule has 21 heavy (non-hydrogen) atoms. The van der Waals surface area contributed by atoms with E-state index in [1.54, 1.807) is 0 Å². The number of anilines is 1. The van der Waals surface area contributed by atoms with E-state index < -0.39 is 0 Å².